The number of rotatable bonds is 5. The number of nitro groups is 1. The summed E-state index contributed by atoms with van der Waals surface area (Å²) in [5, 5.41) is 12.2. The normalized spacial score (nSPS) is 11.2. The van der Waals surface area contributed by atoms with Crippen LogP contribution in [0.5, 0.6) is 0 Å². The first-order valence-electron chi connectivity index (χ1n) is 5.44. The summed E-state index contributed by atoms with van der Waals surface area (Å²) in [5.41, 5.74) is -0.200. The minimum atomic E-state index is -3.79. The van der Waals surface area contributed by atoms with Crippen molar-refractivity contribution < 1.29 is 18.1 Å². The van der Waals surface area contributed by atoms with Gasteiger partial charge in [0.1, 0.15) is 5.75 Å². The SMILES string of the molecule is O=C(CS(=O)(=O)c1ccc([N+](=O)[O-])cc1)c1cccs1. The zero-order valence-electron chi connectivity index (χ0n) is 10.1. The molecule has 0 aliphatic heterocycles. The van der Waals surface area contributed by atoms with Crippen LogP contribution in [-0.2, 0) is 9.84 Å². The van der Waals surface area contributed by atoms with Crippen molar-refractivity contribution in [3.05, 3.63) is 56.8 Å². The summed E-state index contributed by atoms with van der Waals surface area (Å²) in [7, 11) is -3.79. The van der Waals surface area contributed by atoms with Gasteiger partial charge in [0.15, 0.2) is 15.6 Å². The van der Waals surface area contributed by atoms with Crippen LogP contribution < -0.4 is 0 Å². The van der Waals surface area contributed by atoms with E-state index in [-0.39, 0.29) is 10.6 Å². The van der Waals surface area contributed by atoms with Gasteiger partial charge in [-0.25, -0.2) is 8.42 Å². The summed E-state index contributed by atoms with van der Waals surface area (Å²) in [6, 6.07) is 7.68. The molecule has 0 unspecified atom stereocenters. The Morgan fingerprint density at radius 3 is 2.35 bits per heavy atom. The Labute approximate surface area is 118 Å². The average Bonchev–Trinajstić information content (AvgIpc) is 2.92. The smallest absolute Gasteiger partial charge is 0.269 e. The molecule has 1 aromatic carbocycles. The number of sulfone groups is 1. The molecule has 20 heavy (non-hydrogen) atoms. The summed E-state index contributed by atoms with van der Waals surface area (Å²) in [6.07, 6.45) is 0. The number of Topliss-reactive ketones (excluding diaryl/α,β-unsaturated/α-hetero) is 1. The van der Waals surface area contributed by atoms with E-state index in [2.05, 4.69) is 0 Å². The van der Waals surface area contributed by atoms with Crippen LogP contribution in [0.4, 0.5) is 5.69 Å². The lowest BCUT2D eigenvalue weighted by molar-refractivity contribution is -0.384. The number of benzene rings is 1. The molecule has 2 rings (SSSR count). The van der Waals surface area contributed by atoms with Gasteiger partial charge in [-0.1, -0.05) is 6.07 Å². The minimum Gasteiger partial charge on any atom is -0.292 e. The predicted octanol–water partition coefficient (Wildman–Crippen LogP) is 2.31. The maximum absolute atomic E-state index is 12.0. The Morgan fingerprint density at radius 1 is 1.20 bits per heavy atom. The van der Waals surface area contributed by atoms with E-state index in [1.165, 1.54) is 11.3 Å². The van der Waals surface area contributed by atoms with E-state index in [4.69, 9.17) is 0 Å². The first-order chi connectivity index (χ1) is 9.40. The van der Waals surface area contributed by atoms with Crippen molar-refractivity contribution in [2.45, 2.75) is 4.90 Å². The third-order valence-corrected chi connectivity index (χ3v) is 5.07. The topological polar surface area (TPSA) is 94.3 Å². The van der Waals surface area contributed by atoms with Crippen LogP contribution in [0.25, 0.3) is 0 Å². The number of carbonyl (C=O) groups excluding carboxylic acids is 1. The van der Waals surface area contributed by atoms with Crippen LogP contribution in [0, 0.1) is 10.1 Å². The Hall–Kier alpha value is -2.06. The second kappa shape index (κ2) is 5.51. The zero-order valence-corrected chi connectivity index (χ0v) is 11.7. The largest absolute Gasteiger partial charge is 0.292 e. The van der Waals surface area contributed by atoms with Crippen molar-refractivity contribution in [1.29, 1.82) is 0 Å². The number of non-ortho nitro benzene ring substituents is 1. The molecule has 0 N–H and O–H groups in total. The standard InChI is InChI=1S/C12H9NO5S2/c14-11(12-2-1-7-19-12)8-20(17,18)10-5-3-9(4-6-10)13(15)16/h1-7H,8H2. The molecule has 8 heteroatoms. The maximum Gasteiger partial charge on any atom is 0.269 e. The molecule has 0 fully saturated rings. The number of carbonyl (C=O) groups is 1. The van der Waals surface area contributed by atoms with Crippen molar-refractivity contribution in [3.63, 3.8) is 0 Å². The highest BCUT2D eigenvalue weighted by Gasteiger charge is 2.21. The van der Waals surface area contributed by atoms with Crippen LogP contribution in [0.15, 0.2) is 46.7 Å². The first kappa shape index (κ1) is 14.4. The average molecular weight is 311 g/mol. The number of ketones is 1. The van der Waals surface area contributed by atoms with Gasteiger partial charge < -0.3 is 0 Å². The Morgan fingerprint density at radius 2 is 1.85 bits per heavy atom. The second-order valence-electron chi connectivity index (χ2n) is 3.91. The summed E-state index contributed by atoms with van der Waals surface area (Å²) in [4.78, 5) is 21.9. The van der Waals surface area contributed by atoms with Crippen molar-refractivity contribution >= 4 is 32.6 Å². The van der Waals surface area contributed by atoms with E-state index in [9.17, 15) is 23.3 Å². The molecule has 0 saturated carbocycles. The molecule has 1 aromatic heterocycles. The lowest BCUT2D eigenvalue weighted by Gasteiger charge is -2.02. The number of nitrogens with zero attached hydrogens (tertiary/aromatic N) is 1. The lowest BCUT2D eigenvalue weighted by Crippen LogP contribution is -2.15. The van der Waals surface area contributed by atoms with Crippen LogP contribution >= 0.6 is 11.3 Å². The molecule has 0 aliphatic carbocycles. The quantitative estimate of drug-likeness (QED) is 0.480. The molecule has 2 aromatic rings. The number of hydrogen-bond acceptors (Lipinski definition) is 6. The molecule has 1 heterocycles. The maximum atomic E-state index is 12.0. The molecule has 0 amide bonds. The fourth-order valence-electron chi connectivity index (χ4n) is 1.54. The molecule has 104 valence electrons. The monoisotopic (exact) mass is 311 g/mol. The fraction of sp³-hybridized carbons (Fsp3) is 0.0833. The van der Waals surface area contributed by atoms with Gasteiger partial charge in [0.05, 0.1) is 14.7 Å². The number of nitro benzene ring substituents is 1. The van der Waals surface area contributed by atoms with E-state index in [0.29, 0.717) is 4.88 Å². The molecule has 0 bridgehead atoms. The van der Waals surface area contributed by atoms with Crippen molar-refractivity contribution in [2.24, 2.45) is 0 Å². The van der Waals surface area contributed by atoms with E-state index in [1.807, 2.05) is 0 Å². The van der Waals surface area contributed by atoms with Gasteiger partial charge in [-0.2, -0.15) is 0 Å². The summed E-state index contributed by atoms with van der Waals surface area (Å²) in [5.74, 6) is -1.14. The fourth-order valence-corrected chi connectivity index (χ4v) is 3.51. The van der Waals surface area contributed by atoms with Gasteiger partial charge in [-0.3, -0.25) is 14.9 Å². The molecular weight excluding hydrogens is 302 g/mol. The Balaban J connectivity index is 2.22. The highest BCUT2D eigenvalue weighted by atomic mass is 32.2. The van der Waals surface area contributed by atoms with Crippen molar-refractivity contribution in [3.8, 4) is 0 Å². The molecule has 0 spiro atoms. The van der Waals surface area contributed by atoms with Crippen LogP contribution in [0.3, 0.4) is 0 Å². The van der Waals surface area contributed by atoms with Gasteiger partial charge in [-0.05, 0) is 23.6 Å². The van der Waals surface area contributed by atoms with Gasteiger partial charge in [-0.15, -0.1) is 11.3 Å². The predicted molar refractivity (Wildman–Crippen MR) is 73.8 cm³/mol. The molecule has 0 radical (unpaired) electrons. The third-order valence-electron chi connectivity index (χ3n) is 2.52. The third kappa shape index (κ3) is 3.09. The van der Waals surface area contributed by atoms with E-state index in [0.717, 1.165) is 24.3 Å². The first-order valence-corrected chi connectivity index (χ1v) is 7.97. The van der Waals surface area contributed by atoms with Gasteiger partial charge >= 0.3 is 0 Å². The number of thiophene rings is 1. The lowest BCUT2D eigenvalue weighted by atomic mass is 10.3. The molecule has 0 atom stereocenters. The molecule has 0 saturated heterocycles. The second-order valence-corrected chi connectivity index (χ2v) is 6.85. The summed E-state index contributed by atoms with van der Waals surface area (Å²) < 4.78 is 24.1. The zero-order chi connectivity index (χ0) is 14.8. The van der Waals surface area contributed by atoms with E-state index in [1.54, 1.807) is 17.5 Å². The highest BCUT2D eigenvalue weighted by molar-refractivity contribution is 7.92. The van der Waals surface area contributed by atoms with Crippen LogP contribution in [0.2, 0.25) is 0 Å². The minimum absolute atomic E-state index is 0.104. The van der Waals surface area contributed by atoms with Crippen LogP contribution in [-0.4, -0.2) is 24.9 Å². The van der Waals surface area contributed by atoms with Gasteiger partial charge in [0.2, 0.25) is 0 Å². The van der Waals surface area contributed by atoms with Gasteiger partial charge in [0, 0.05) is 12.1 Å². The van der Waals surface area contributed by atoms with E-state index < -0.39 is 26.3 Å². The van der Waals surface area contributed by atoms with Crippen molar-refractivity contribution in [2.75, 3.05) is 5.75 Å². The Kier molecular flexibility index (Phi) is 3.96. The van der Waals surface area contributed by atoms with Gasteiger partial charge in [0.25, 0.3) is 5.69 Å². The highest BCUT2D eigenvalue weighted by Crippen LogP contribution is 2.19. The number of hydrogen-bond donors (Lipinski definition) is 0. The van der Waals surface area contributed by atoms with Crippen molar-refractivity contribution in [1.82, 2.24) is 0 Å². The molecular formula is C12H9NO5S2. The molecule has 0 aliphatic rings. The van der Waals surface area contributed by atoms with E-state index >= 15 is 0 Å². The van der Waals surface area contributed by atoms with Crippen LogP contribution in [0.1, 0.15) is 9.67 Å². The summed E-state index contributed by atoms with van der Waals surface area (Å²) in [6.45, 7) is 0. The summed E-state index contributed by atoms with van der Waals surface area (Å²) >= 11 is 1.17. The molecule has 6 nitrogen and oxygen atoms in total. The Bertz CT molecular complexity index is 733.